The zero-order valence-corrected chi connectivity index (χ0v) is 17.4. The number of hydrogen-bond donors (Lipinski definition) is 3. The van der Waals surface area contributed by atoms with Crippen LogP contribution in [0.1, 0.15) is 36.0 Å². The van der Waals surface area contributed by atoms with Gasteiger partial charge < -0.3 is 20.7 Å². The zero-order valence-electron chi connectivity index (χ0n) is 17.4. The summed E-state index contributed by atoms with van der Waals surface area (Å²) in [5.74, 6) is 0.656. The Morgan fingerprint density at radius 2 is 1.90 bits per heavy atom. The lowest BCUT2D eigenvalue weighted by Gasteiger charge is -2.11. The van der Waals surface area contributed by atoms with E-state index in [-0.39, 0.29) is 18.0 Å². The number of methoxy groups -OCH3 is 1. The number of aromatic nitrogens is 3. The van der Waals surface area contributed by atoms with Gasteiger partial charge in [-0.05, 0) is 55.3 Å². The van der Waals surface area contributed by atoms with E-state index < -0.39 is 0 Å². The summed E-state index contributed by atoms with van der Waals surface area (Å²) in [6.07, 6.45) is 4.43. The topological polar surface area (TPSA) is 110 Å². The summed E-state index contributed by atoms with van der Waals surface area (Å²) in [5, 5.41) is 17.0. The molecule has 9 heteroatoms. The van der Waals surface area contributed by atoms with Gasteiger partial charge in [0, 0.05) is 23.8 Å². The Morgan fingerprint density at radius 3 is 2.65 bits per heavy atom. The van der Waals surface area contributed by atoms with Crippen molar-refractivity contribution >= 4 is 28.7 Å². The molecule has 0 bridgehead atoms. The van der Waals surface area contributed by atoms with Crippen LogP contribution in [0.4, 0.5) is 10.5 Å². The molecule has 0 spiro atoms. The molecule has 1 heterocycles. The van der Waals surface area contributed by atoms with Crippen LogP contribution in [0.3, 0.4) is 0 Å². The summed E-state index contributed by atoms with van der Waals surface area (Å²) in [4.78, 5) is 24.5. The standard InChI is InChI=1S/C22H26N6O3/c1-31-18-9-7-17(8-10-18)25-22(30)23-12-13-28-20-11-6-15(14-19(20)26-27-28)21(29)24-16-4-2-3-5-16/h6-11,14,16H,2-5,12-13H2,1H3,(H,24,29)(H2,23,25,30). The van der Waals surface area contributed by atoms with E-state index in [1.165, 1.54) is 12.8 Å². The van der Waals surface area contributed by atoms with Gasteiger partial charge in [-0.1, -0.05) is 18.1 Å². The van der Waals surface area contributed by atoms with E-state index in [9.17, 15) is 9.59 Å². The van der Waals surface area contributed by atoms with Crippen molar-refractivity contribution in [1.29, 1.82) is 0 Å². The largest absolute Gasteiger partial charge is 0.497 e. The lowest BCUT2D eigenvalue weighted by Crippen LogP contribution is -2.32. The van der Waals surface area contributed by atoms with Gasteiger partial charge in [0.25, 0.3) is 5.91 Å². The number of ether oxygens (including phenoxy) is 1. The number of fused-ring (bicyclic) bond motifs is 1. The number of nitrogens with zero attached hydrogens (tertiary/aromatic N) is 3. The minimum absolute atomic E-state index is 0.0692. The van der Waals surface area contributed by atoms with Crippen molar-refractivity contribution in [3.05, 3.63) is 48.0 Å². The number of amides is 3. The SMILES string of the molecule is COc1ccc(NC(=O)NCCn2nnc3cc(C(=O)NC4CCCC4)ccc32)cc1. The van der Waals surface area contributed by atoms with E-state index in [0.717, 1.165) is 24.1 Å². The van der Waals surface area contributed by atoms with Crippen LogP contribution >= 0.6 is 0 Å². The Balaban J connectivity index is 1.30. The van der Waals surface area contributed by atoms with Crippen LogP contribution in [-0.2, 0) is 6.54 Å². The Morgan fingerprint density at radius 1 is 1.13 bits per heavy atom. The molecule has 3 amide bonds. The molecule has 4 rings (SSSR count). The number of hydrogen-bond acceptors (Lipinski definition) is 5. The second-order valence-corrected chi connectivity index (χ2v) is 7.58. The monoisotopic (exact) mass is 422 g/mol. The lowest BCUT2D eigenvalue weighted by molar-refractivity contribution is 0.0938. The first-order chi connectivity index (χ1) is 15.1. The molecule has 3 N–H and O–H groups in total. The summed E-state index contributed by atoms with van der Waals surface area (Å²) in [6.45, 7) is 0.838. The Bertz CT molecular complexity index is 1060. The predicted octanol–water partition coefficient (Wildman–Crippen LogP) is 2.93. The van der Waals surface area contributed by atoms with Crippen molar-refractivity contribution in [3.63, 3.8) is 0 Å². The molecule has 0 unspecified atom stereocenters. The Labute approximate surface area is 180 Å². The van der Waals surface area contributed by atoms with Gasteiger partial charge in [0.05, 0.1) is 19.2 Å². The Hall–Kier alpha value is -3.62. The van der Waals surface area contributed by atoms with Crippen molar-refractivity contribution in [2.45, 2.75) is 38.3 Å². The highest BCUT2D eigenvalue weighted by molar-refractivity contribution is 5.97. The van der Waals surface area contributed by atoms with E-state index in [2.05, 4.69) is 26.3 Å². The van der Waals surface area contributed by atoms with E-state index >= 15 is 0 Å². The lowest BCUT2D eigenvalue weighted by atomic mass is 10.1. The fourth-order valence-corrected chi connectivity index (χ4v) is 3.74. The average Bonchev–Trinajstić information content (AvgIpc) is 3.44. The van der Waals surface area contributed by atoms with E-state index in [0.29, 0.717) is 29.9 Å². The van der Waals surface area contributed by atoms with Gasteiger partial charge in [0.2, 0.25) is 0 Å². The van der Waals surface area contributed by atoms with Crippen LogP contribution < -0.4 is 20.7 Å². The van der Waals surface area contributed by atoms with Crippen LogP contribution in [0, 0.1) is 0 Å². The maximum Gasteiger partial charge on any atom is 0.319 e. The molecule has 0 saturated heterocycles. The van der Waals surface area contributed by atoms with Crippen molar-refractivity contribution in [3.8, 4) is 5.75 Å². The first kappa shape index (κ1) is 20.6. The summed E-state index contributed by atoms with van der Waals surface area (Å²) >= 11 is 0. The van der Waals surface area contributed by atoms with E-state index in [4.69, 9.17) is 4.74 Å². The second-order valence-electron chi connectivity index (χ2n) is 7.58. The predicted molar refractivity (Wildman–Crippen MR) is 117 cm³/mol. The minimum atomic E-state index is -0.305. The van der Waals surface area contributed by atoms with Crippen molar-refractivity contribution in [1.82, 2.24) is 25.6 Å². The molecule has 1 aliphatic carbocycles. The molecule has 31 heavy (non-hydrogen) atoms. The van der Waals surface area contributed by atoms with Crippen molar-refractivity contribution in [2.75, 3.05) is 19.0 Å². The fraction of sp³-hybridized carbons (Fsp3) is 0.364. The quantitative estimate of drug-likeness (QED) is 0.542. The molecule has 1 aromatic heterocycles. The van der Waals surface area contributed by atoms with E-state index in [1.807, 2.05) is 6.07 Å². The van der Waals surface area contributed by atoms with Crippen LogP contribution in [0.25, 0.3) is 11.0 Å². The zero-order chi connectivity index (χ0) is 21.6. The molecule has 162 valence electrons. The van der Waals surface area contributed by atoms with Gasteiger partial charge in [-0.2, -0.15) is 0 Å². The summed E-state index contributed by atoms with van der Waals surface area (Å²) in [5.41, 5.74) is 2.73. The van der Waals surface area contributed by atoms with Crippen molar-refractivity contribution < 1.29 is 14.3 Å². The molecule has 0 aliphatic heterocycles. The van der Waals surface area contributed by atoms with Gasteiger partial charge >= 0.3 is 6.03 Å². The van der Waals surface area contributed by atoms with Gasteiger partial charge in [0.15, 0.2) is 0 Å². The number of urea groups is 1. The molecule has 3 aromatic rings. The summed E-state index contributed by atoms with van der Waals surface area (Å²) in [6, 6.07) is 12.4. The molecule has 0 atom stereocenters. The highest BCUT2D eigenvalue weighted by Crippen LogP contribution is 2.19. The molecule has 0 radical (unpaired) electrons. The fourth-order valence-electron chi connectivity index (χ4n) is 3.74. The molecule has 1 aliphatic rings. The third-order valence-corrected chi connectivity index (χ3v) is 5.42. The number of benzene rings is 2. The number of carbonyl (C=O) groups is 2. The van der Waals surface area contributed by atoms with Gasteiger partial charge in [-0.25, -0.2) is 9.48 Å². The third kappa shape index (κ3) is 5.11. The first-order valence-electron chi connectivity index (χ1n) is 10.5. The van der Waals surface area contributed by atoms with E-state index in [1.54, 1.807) is 48.2 Å². The van der Waals surface area contributed by atoms with Crippen LogP contribution in [-0.4, -0.2) is 46.6 Å². The van der Waals surface area contributed by atoms with Gasteiger partial charge in [-0.15, -0.1) is 5.10 Å². The minimum Gasteiger partial charge on any atom is -0.497 e. The molecule has 1 saturated carbocycles. The maximum atomic E-state index is 12.5. The highest BCUT2D eigenvalue weighted by atomic mass is 16.5. The summed E-state index contributed by atoms with van der Waals surface area (Å²) < 4.78 is 6.81. The first-order valence-corrected chi connectivity index (χ1v) is 10.5. The molecular formula is C22H26N6O3. The normalized spacial score (nSPS) is 13.8. The highest BCUT2D eigenvalue weighted by Gasteiger charge is 2.18. The van der Waals surface area contributed by atoms with Crippen molar-refractivity contribution in [2.24, 2.45) is 0 Å². The molecule has 2 aromatic carbocycles. The third-order valence-electron chi connectivity index (χ3n) is 5.42. The van der Waals surface area contributed by atoms with Gasteiger partial charge in [-0.3, -0.25) is 4.79 Å². The number of carbonyl (C=O) groups excluding carboxylic acids is 2. The average molecular weight is 422 g/mol. The molecular weight excluding hydrogens is 396 g/mol. The number of nitrogens with one attached hydrogen (secondary N) is 3. The summed E-state index contributed by atoms with van der Waals surface area (Å²) in [7, 11) is 1.59. The smallest absolute Gasteiger partial charge is 0.319 e. The van der Waals surface area contributed by atoms with Crippen LogP contribution in [0.15, 0.2) is 42.5 Å². The van der Waals surface area contributed by atoms with Crippen LogP contribution in [0.5, 0.6) is 5.75 Å². The van der Waals surface area contributed by atoms with Gasteiger partial charge in [0.1, 0.15) is 11.3 Å². The Kier molecular flexibility index (Phi) is 6.30. The maximum absolute atomic E-state index is 12.5. The second kappa shape index (κ2) is 9.46. The number of anilines is 1. The number of rotatable bonds is 7. The molecule has 1 fully saturated rings. The van der Waals surface area contributed by atoms with Crippen LogP contribution in [0.2, 0.25) is 0 Å². The molecule has 9 nitrogen and oxygen atoms in total.